The average molecular weight is 579 g/mol. The number of carbonyl (C=O) groups is 1. The van der Waals surface area contributed by atoms with Crippen molar-refractivity contribution in [3.63, 3.8) is 0 Å². The van der Waals surface area contributed by atoms with Crippen LogP contribution >= 0.6 is 11.3 Å². The summed E-state index contributed by atoms with van der Waals surface area (Å²) in [6.45, 7) is 1.10. The summed E-state index contributed by atoms with van der Waals surface area (Å²) < 4.78 is 44.8. The molecule has 3 heterocycles. The molecule has 1 saturated heterocycles. The van der Waals surface area contributed by atoms with Crippen LogP contribution in [0.1, 0.15) is 50.0 Å². The topological polar surface area (TPSA) is 106 Å². The van der Waals surface area contributed by atoms with Gasteiger partial charge in [-0.05, 0) is 65.6 Å². The number of sulfonamides is 1. The molecule has 0 saturated carbocycles. The molecule has 0 bridgehead atoms. The Morgan fingerprint density at radius 2 is 1.82 bits per heavy atom. The summed E-state index contributed by atoms with van der Waals surface area (Å²) in [6, 6.07) is 8.15. The molecular weight excluding hydrogens is 540 g/mol. The highest BCUT2D eigenvalue weighted by Gasteiger charge is 2.32. The minimum Gasteiger partial charge on any atom is -0.497 e. The molecule has 1 fully saturated rings. The monoisotopic (exact) mass is 578 g/mol. The van der Waals surface area contributed by atoms with E-state index in [1.54, 1.807) is 23.5 Å². The number of amides is 1. The van der Waals surface area contributed by atoms with Crippen LogP contribution in [0.25, 0.3) is 0 Å². The molecule has 1 aromatic heterocycles. The van der Waals surface area contributed by atoms with Crippen LogP contribution in [0.4, 0.5) is 0 Å². The third-order valence-corrected chi connectivity index (χ3v) is 9.69. The van der Waals surface area contributed by atoms with Gasteiger partial charge < -0.3 is 24.2 Å². The van der Waals surface area contributed by atoms with Crippen LogP contribution in [-0.2, 0) is 24.3 Å². The Bertz CT molecular complexity index is 1180. The lowest BCUT2D eigenvalue weighted by Gasteiger charge is -2.32. The molecule has 214 valence electrons. The molecule has 2 aliphatic heterocycles. The van der Waals surface area contributed by atoms with Gasteiger partial charge in [0.1, 0.15) is 5.75 Å². The molecule has 11 heteroatoms. The molecule has 2 atom stereocenters. The van der Waals surface area contributed by atoms with Crippen LogP contribution in [0, 0.1) is 0 Å². The maximum Gasteiger partial charge on any atom is 0.288 e. The number of carbonyl (C=O) groups excluding carboxylic acids is 1. The van der Waals surface area contributed by atoms with Crippen molar-refractivity contribution in [1.82, 2.24) is 9.21 Å². The first-order valence-electron chi connectivity index (χ1n) is 13.5. The Labute approximate surface area is 235 Å². The number of benzene rings is 1. The molecule has 39 heavy (non-hydrogen) atoms. The minimum absolute atomic E-state index is 0.0248. The minimum atomic E-state index is -3.86. The third-order valence-electron chi connectivity index (χ3n) is 7.07. The van der Waals surface area contributed by atoms with E-state index in [0.29, 0.717) is 31.0 Å². The standard InChI is InChI=1S/C28H38N2O7S2/c1-35-24-7-9-25(10-8-24)39(33,34)30(14-16-31)15-17-36-27-20-23(22-11-18-38-21-22)19-26(37-27)28(32)29-12-5-3-2-4-6-13-29/h7-11,18-19,21,23,27,31H,2-6,12-17,20H2,1H3/t23-,27+/m0/s1. The molecule has 4 rings (SSSR count). The van der Waals surface area contributed by atoms with Crippen molar-refractivity contribution in [2.45, 2.75) is 55.6 Å². The Hall–Kier alpha value is -2.44. The van der Waals surface area contributed by atoms with E-state index >= 15 is 0 Å². The van der Waals surface area contributed by atoms with Crippen LogP contribution in [0.15, 0.2) is 57.8 Å². The fraction of sp³-hybridized carbons (Fsp3) is 0.536. The maximum absolute atomic E-state index is 13.4. The van der Waals surface area contributed by atoms with Gasteiger partial charge >= 0.3 is 0 Å². The van der Waals surface area contributed by atoms with Crippen molar-refractivity contribution >= 4 is 27.3 Å². The van der Waals surface area contributed by atoms with Gasteiger partial charge in [0.15, 0.2) is 5.76 Å². The summed E-state index contributed by atoms with van der Waals surface area (Å²) in [7, 11) is -2.34. The number of hydrogen-bond donors (Lipinski definition) is 1. The molecule has 2 aliphatic rings. The van der Waals surface area contributed by atoms with Crippen molar-refractivity contribution in [3.8, 4) is 5.75 Å². The zero-order valence-electron chi connectivity index (χ0n) is 22.4. The van der Waals surface area contributed by atoms with Gasteiger partial charge in [0, 0.05) is 38.5 Å². The van der Waals surface area contributed by atoms with Crippen molar-refractivity contribution < 1.29 is 32.5 Å². The van der Waals surface area contributed by atoms with E-state index in [4.69, 9.17) is 14.2 Å². The van der Waals surface area contributed by atoms with Crippen LogP contribution < -0.4 is 4.74 Å². The van der Waals surface area contributed by atoms with E-state index in [0.717, 1.165) is 31.2 Å². The first kappa shape index (κ1) is 29.5. The Morgan fingerprint density at radius 1 is 1.10 bits per heavy atom. The average Bonchev–Trinajstić information content (AvgIpc) is 3.47. The largest absolute Gasteiger partial charge is 0.497 e. The lowest BCUT2D eigenvalue weighted by atomic mass is 9.95. The second-order valence-corrected chi connectivity index (χ2v) is 12.4. The number of likely N-dealkylation sites (tertiary alicyclic amines) is 1. The van der Waals surface area contributed by atoms with Crippen molar-refractivity contribution in [2.75, 3.05) is 46.5 Å². The molecule has 0 radical (unpaired) electrons. The summed E-state index contributed by atoms with van der Waals surface area (Å²) >= 11 is 1.60. The molecule has 2 aromatic rings. The van der Waals surface area contributed by atoms with Gasteiger partial charge in [-0.25, -0.2) is 8.42 Å². The van der Waals surface area contributed by atoms with E-state index in [2.05, 4.69) is 5.38 Å². The number of aliphatic hydroxyl groups excluding tert-OH is 1. The van der Waals surface area contributed by atoms with Gasteiger partial charge in [-0.2, -0.15) is 15.6 Å². The van der Waals surface area contributed by atoms with E-state index in [9.17, 15) is 18.3 Å². The summed E-state index contributed by atoms with van der Waals surface area (Å²) in [5.74, 6) is 0.686. The Balaban J connectivity index is 1.43. The normalized spacial score (nSPS) is 20.6. The predicted molar refractivity (Wildman–Crippen MR) is 149 cm³/mol. The van der Waals surface area contributed by atoms with Gasteiger partial charge in [-0.3, -0.25) is 4.79 Å². The number of allylic oxidation sites excluding steroid dienone is 1. The number of methoxy groups -OCH3 is 1. The zero-order chi connectivity index (χ0) is 27.7. The number of rotatable bonds is 11. The van der Waals surface area contributed by atoms with E-state index < -0.39 is 16.3 Å². The molecule has 9 nitrogen and oxygen atoms in total. The smallest absolute Gasteiger partial charge is 0.288 e. The molecule has 1 aromatic carbocycles. The maximum atomic E-state index is 13.4. The van der Waals surface area contributed by atoms with Crippen LogP contribution in [0.3, 0.4) is 0 Å². The zero-order valence-corrected chi connectivity index (χ0v) is 24.0. The lowest BCUT2D eigenvalue weighted by Crippen LogP contribution is -2.39. The molecule has 1 N–H and O–H groups in total. The molecule has 0 unspecified atom stereocenters. The summed E-state index contributed by atoms with van der Waals surface area (Å²) in [4.78, 5) is 15.4. The quantitative estimate of drug-likeness (QED) is 0.430. The van der Waals surface area contributed by atoms with Gasteiger partial charge in [-0.15, -0.1) is 0 Å². The van der Waals surface area contributed by atoms with E-state index in [1.807, 2.05) is 22.4 Å². The predicted octanol–water partition coefficient (Wildman–Crippen LogP) is 3.96. The van der Waals surface area contributed by atoms with E-state index in [-0.39, 0.29) is 43.0 Å². The van der Waals surface area contributed by atoms with Crippen LogP contribution in [0.5, 0.6) is 5.75 Å². The highest BCUT2D eigenvalue weighted by atomic mass is 32.2. The molecule has 0 spiro atoms. The summed E-state index contributed by atoms with van der Waals surface area (Å²) in [6.07, 6.45) is 7.13. The first-order valence-corrected chi connectivity index (χ1v) is 15.9. The highest BCUT2D eigenvalue weighted by molar-refractivity contribution is 7.89. The summed E-state index contributed by atoms with van der Waals surface area (Å²) in [5, 5.41) is 13.6. The third kappa shape index (κ3) is 7.82. The fourth-order valence-electron chi connectivity index (χ4n) is 4.88. The second-order valence-electron chi connectivity index (χ2n) is 9.71. The molecule has 1 amide bonds. The molecular formula is C28H38N2O7S2. The number of thiophene rings is 1. The van der Waals surface area contributed by atoms with Crippen molar-refractivity contribution in [3.05, 3.63) is 58.5 Å². The Kier molecular flexibility index (Phi) is 10.8. The second kappa shape index (κ2) is 14.3. The highest BCUT2D eigenvalue weighted by Crippen LogP contribution is 2.33. The van der Waals surface area contributed by atoms with Crippen LogP contribution in [-0.4, -0.2) is 81.4 Å². The first-order chi connectivity index (χ1) is 18.9. The SMILES string of the molecule is COc1ccc(S(=O)(=O)N(CCO)CCO[C@H]2C[C@@H](c3ccsc3)C=C(C(=O)N3CCCCCCC3)O2)cc1. The number of ether oxygens (including phenoxy) is 3. The van der Waals surface area contributed by atoms with Crippen molar-refractivity contribution in [2.24, 2.45) is 0 Å². The van der Waals surface area contributed by atoms with Gasteiger partial charge in [0.05, 0.1) is 25.2 Å². The summed E-state index contributed by atoms with van der Waals surface area (Å²) in [5.41, 5.74) is 1.10. The van der Waals surface area contributed by atoms with Gasteiger partial charge in [0.25, 0.3) is 5.91 Å². The number of aliphatic hydroxyl groups is 1. The Morgan fingerprint density at radius 3 is 2.46 bits per heavy atom. The van der Waals surface area contributed by atoms with E-state index in [1.165, 1.54) is 30.0 Å². The van der Waals surface area contributed by atoms with Crippen molar-refractivity contribution in [1.29, 1.82) is 0 Å². The van der Waals surface area contributed by atoms with Gasteiger partial charge in [0.2, 0.25) is 16.3 Å². The molecule has 0 aliphatic carbocycles. The lowest BCUT2D eigenvalue weighted by molar-refractivity contribution is -0.153. The number of nitrogens with zero attached hydrogens (tertiary/aromatic N) is 2. The van der Waals surface area contributed by atoms with Gasteiger partial charge in [-0.1, -0.05) is 19.3 Å². The van der Waals surface area contributed by atoms with Crippen LogP contribution in [0.2, 0.25) is 0 Å². The number of hydrogen-bond acceptors (Lipinski definition) is 8. The fourth-order valence-corrected chi connectivity index (χ4v) is 7.02.